The summed E-state index contributed by atoms with van der Waals surface area (Å²) in [5, 5.41) is 2.99. The predicted molar refractivity (Wildman–Crippen MR) is 48.5 cm³/mol. The van der Waals surface area contributed by atoms with Crippen LogP contribution in [0.15, 0.2) is 0 Å². The Morgan fingerprint density at radius 1 is 1.54 bits per heavy atom. The Bertz CT molecular complexity index is 204. The van der Waals surface area contributed by atoms with Crippen LogP contribution in [0.1, 0.15) is 19.8 Å². The molecule has 4 nitrogen and oxygen atoms in total. The van der Waals surface area contributed by atoms with Gasteiger partial charge < -0.3 is 15.0 Å². The van der Waals surface area contributed by atoms with Crippen molar-refractivity contribution in [2.45, 2.75) is 31.8 Å². The van der Waals surface area contributed by atoms with Gasteiger partial charge in [0, 0.05) is 12.6 Å². The Labute approximate surface area is 78.2 Å². The number of nitrogens with zero attached hydrogens (tertiary/aromatic N) is 1. The van der Waals surface area contributed by atoms with Gasteiger partial charge >= 0.3 is 6.03 Å². The highest BCUT2D eigenvalue weighted by Crippen LogP contribution is 2.19. The average molecular weight is 184 g/mol. The number of hydrogen-bond donors (Lipinski definition) is 1. The quantitative estimate of drug-likeness (QED) is 0.647. The van der Waals surface area contributed by atoms with E-state index in [1.807, 2.05) is 11.8 Å². The molecule has 1 heterocycles. The summed E-state index contributed by atoms with van der Waals surface area (Å²) in [5.41, 5.74) is 0. The SMILES string of the molecule is CC1COCCN1C(=O)NC1CC1. The van der Waals surface area contributed by atoms with Crippen molar-refractivity contribution in [3.8, 4) is 0 Å². The molecule has 1 saturated heterocycles. The molecule has 1 atom stereocenters. The Balaban J connectivity index is 1.85. The number of hydrogen-bond acceptors (Lipinski definition) is 2. The van der Waals surface area contributed by atoms with Gasteiger partial charge in [-0.25, -0.2) is 4.79 Å². The number of carbonyl (C=O) groups is 1. The summed E-state index contributed by atoms with van der Waals surface area (Å²) in [6.07, 6.45) is 2.29. The molecule has 0 spiro atoms. The van der Waals surface area contributed by atoms with E-state index in [4.69, 9.17) is 4.74 Å². The van der Waals surface area contributed by atoms with E-state index in [-0.39, 0.29) is 12.1 Å². The number of amides is 2. The third-order valence-electron chi connectivity index (χ3n) is 2.53. The van der Waals surface area contributed by atoms with E-state index in [0.29, 0.717) is 19.3 Å². The fourth-order valence-corrected chi connectivity index (χ4v) is 1.51. The molecule has 1 unspecified atom stereocenters. The maximum Gasteiger partial charge on any atom is 0.318 e. The lowest BCUT2D eigenvalue weighted by Gasteiger charge is -2.33. The summed E-state index contributed by atoms with van der Waals surface area (Å²) in [5.74, 6) is 0. The molecule has 4 heteroatoms. The van der Waals surface area contributed by atoms with Gasteiger partial charge in [0.1, 0.15) is 0 Å². The van der Waals surface area contributed by atoms with E-state index < -0.39 is 0 Å². The first kappa shape index (κ1) is 8.81. The van der Waals surface area contributed by atoms with E-state index in [0.717, 1.165) is 19.4 Å². The first-order valence-electron chi connectivity index (χ1n) is 4.92. The lowest BCUT2D eigenvalue weighted by Crippen LogP contribution is -2.51. The Morgan fingerprint density at radius 2 is 2.31 bits per heavy atom. The summed E-state index contributed by atoms with van der Waals surface area (Å²) < 4.78 is 5.26. The standard InChI is InChI=1S/C9H16N2O2/c1-7-6-13-5-4-11(7)9(12)10-8-2-3-8/h7-8H,2-6H2,1H3,(H,10,12). The molecule has 1 N–H and O–H groups in total. The third-order valence-corrected chi connectivity index (χ3v) is 2.53. The fourth-order valence-electron chi connectivity index (χ4n) is 1.51. The van der Waals surface area contributed by atoms with Gasteiger partial charge in [0.15, 0.2) is 0 Å². The van der Waals surface area contributed by atoms with Crippen molar-refractivity contribution in [3.63, 3.8) is 0 Å². The molecule has 2 amide bonds. The summed E-state index contributed by atoms with van der Waals surface area (Å²) >= 11 is 0. The van der Waals surface area contributed by atoms with Gasteiger partial charge in [0.25, 0.3) is 0 Å². The van der Waals surface area contributed by atoms with Crippen molar-refractivity contribution < 1.29 is 9.53 Å². The molecule has 13 heavy (non-hydrogen) atoms. The Kier molecular flexibility index (Phi) is 2.40. The van der Waals surface area contributed by atoms with E-state index in [9.17, 15) is 4.79 Å². The molecule has 1 aliphatic heterocycles. The molecule has 0 radical (unpaired) electrons. The van der Waals surface area contributed by atoms with Gasteiger partial charge in [0.05, 0.1) is 19.3 Å². The van der Waals surface area contributed by atoms with Crippen LogP contribution in [0.5, 0.6) is 0 Å². The van der Waals surface area contributed by atoms with Crippen LogP contribution < -0.4 is 5.32 Å². The van der Waals surface area contributed by atoms with Gasteiger partial charge in [-0.1, -0.05) is 0 Å². The molecule has 0 aromatic rings. The topological polar surface area (TPSA) is 41.6 Å². The third kappa shape index (κ3) is 2.12. The molecule has 2 rings (SSSR count). The monoisotopic (exact) mass is 184 g/mol. The number of carbonyl (C=O) groups excluding carboxylic acids is 1. The van der Waals surface area contributed by atoms with Crippen molar-refractivity contribution in [2.24, 2.45) is 0 Å². The summed E-state index contributed by atoms with van der Waals surface area (Å²) in [4.78, 5) is 13.5. The van der Waals surface area contributed by atoms with Crippen LogP contribution in [-0.4, -0.2) is 42.8 Å². The summed E-state index contributed by atoms with van der Waals surface area (Å²) in [6.45, 7) is 4.08. The van der Waals surface area contributed by atoms with Gasteiger partial charge in [-0.15, -0.1) is 0 Å². The maximum atomic E-state index is 11.6. The minimum atomic E-state index is 0.0818. The fraction of sp³-hybridized carbons (Fsp3) is 0.889. The predicted octanol–water partition coefficient (Wildman–Crippen LogP) is 0.579. The van der Waals surface area contributed by atoms with Crippen LogP contribution in [0.4, 0.5) is 4.79 Å². The van der Waals surface area contributed by atoms with Crippen molar-refractivity contribution in [1.82, 2.24) is 10.2 Å². The number of urea groups is 1. The molecule has 1 saturated carbocycles. The molecular weight excluding hydrogens is 168 g/mol. The van der Waals surface area contributed by atoms with Gasteiger partial charge in [-0.2, -0.15) is 0 Å². The molecule has 74 valence electrons. The van der Waals surface area contributed by atoms with E-state index >= 15 is 0 Å². The first-order valence-corrected chi connectivity index (χ1v) is 4.92. The largest absolute Gasteiger partial charge is 0.377 e. The second kappa shape index (κ2) is 3.54. The number of ether oxygens (including phenoxy) is 1. The van der Waals surface area contributed by atoms with E-state index in [1.54, 1.807) is 0 Å². The molecular formula is C9H16N2O2. The van der Waals surface area contributed by atoms with Crippen LogP contribution in [0.3, 0.4) is 0 Å². The van der Waals surface area contributed by atoms with Crippen LogP contribution in [-0.2, 0) is 4.74 Å². The second-order valence-corrected chi connectivity index (χ2v) is 3.84. The zero-order chi connectivity index (χ0) is 9.26. The van der Waals surface area contributed by atoms with Crippen molar-refractivity contribution in [3.05, 3.63) is 0 Å². The molecule has 0 aromatic heterocycles. The van der Waals surface area contributed by atoms with Gasteiger partial charge in [-0.05, 0) is 19.8 Å². The molecule has 0 bridgehead atoms. The highest BCUT2D eigenvalue weighted by molar-refractivity contribution is 5.75. The minimum Gasteiger partial charge on any atom is -0.377 e. The number of rotatable bonds is 1. The molecule has 1 aliphatic carbocycles. The number of nitrogens with one attached hydrogen (secondary N) is 1. The Hall–Kier alpha value is -0.770. The van der Waals surface area contributed by atoms with Crippen LogP contribution in [0.25, 0.3) is 0 Å². The first-order chi connectivity index (χ1) is 6.27. The molecule has 0 aromatic carbocycles. The average Bonchev–Trinajstić information content (AvgIpc) is 2.89. The van der Waals surface area contributed by atoms with Gasteiger partial charge in [0.2, 0.25) is 0 Å². The van der Waals surface area contributed by atoms with Crippen molar-refractivity contribution in [2.75, 3.05) is 19.8 Å². The van der Waals surface area contributed by atoms with Crippen LogP contribution in [0.2, 0.25) is 0 Å². The molecule has 2 fully saturated rings. The normalized spacial score (nSPS) is 28.7. The highest BCUT2D eigenvalue weighted by atomic mass is 16.5. The summed E-state index contributed by atoms with van der Waals surface area (Å²) in [6, 6.07) is 0.744. The molecule has 2 aliphatic rings. The van der Waals surface area contributed by atoms with Crippen LogP contribution in [0, 0.1) is 0 Å². The van der Waals surface area contributed by atoms with E-state index in [2.05, 4.69) is 5.32 Å². The maximum absolute atomic E-state index is 11.6. The van der Waals surface area contributed by atoms with Crippen LogP contribution >= 0.6 is 0 Å². The smallest absolute Gasteiger partial charge is 0.318 e. The van der Waals surface area contributed by atoms with Crippen molar-refractivity contribution >= 4 is 6.03 Å². The summed E-state index contributed by atoms with van der Waals surface area (Å²) in [7, 11) is 0. The zero-order valence-corrected chi connectivity index (χ0v) is 7.95. The van der Waals surface area contributed by atoms with E-state index in [1.165, 1.54) is 0 Å². The van der Waals surface area contributed by atoms with Gasteiger partial charge in [-0.3, -0.25) is 0 Å². The zero-order valence-electron chi connectivity index (χ0n) is 7.95. The van der Waals surface area contributed by atoms with Crippen molar-refractivity contribution in [1.29, 1.82) is 0 Å². The lowest BCUT2D eigenvalue weighted by atomic mass is 10.3. The highest BCUT2D eigenvalue weighted by Gasteiger charge is 2.29. The second-order valence-electron chi connectivity index (χ2n) is 3.84. The lowest BCUT2D eigenvalue weighted by molar-refractivity contribution is 0.0190. The Morgan fingerprint density at radius 3 is 2.92 bits per heavy atom. The minimum absolute atomic E-state index is 0.0818. The number of morpholine rings is 1.